The predicted octanol–water partition coefficient (Wildman–Crippen LogP) is 2.42. The number of nitrogens with zero attached hydrogens (tertiary/aromatic N) is 5. The molecule has 1 aliphatic rings. The van der Waals surface area contributed by atoms with Gasteiger partial charge in [0.1, 0.15) is 0 Å². The molecule has 1 aliphatic carbocycles. The molecule has 0 spiro atoms. The van der Waals surface area contributed by atoms with E-state index in [1.54, 1.807) is 16.5 Å². The van der Waals surface area contributed by atoms with Crippen molar-refractivity contribution < 1.29 is 18.0 Å². The van der Waals surface area contributed by atoms with E-state index < -0.39 is 23.0 Å². The Balaban J connectivity index is 1.42. The maximum Gasteiger partial charge on any atom is 0.416 e. The van der Waals surface area contributed by atoms with Crippen LogP contribution in [0.5, 0.6) is 0 Å². The number of fused-ring (bicyclic) bond motifs is 1. The first-order valence-electron chi connectivity index (χ1n) is 10.6. The van der Waals surface area contributed by atoms with Crippen LogP contribution in [0.1, 0.15) is 36.8 Å². The fourth-order valence-corrected chi connectivity index (χ4v) is 3.91. The number of carbonyl (C=O) groups is 1. The van der Waals surface area contributed by atoms with Gasteiger partial charge in [-0.2, -0.15) is 13.2 Å². The van der Waals surface area contributed by atoms with Gasteiger partial charge in [-0.1, -0.05) is 12.1 Å². The monoisotopic (exact) mass is 463 g/mol. The Bertz CT molecular complexity index is 1300. The second kappa shape index (κ2) is 8.53. The smallest absolute Gasteiger partial charge is 0.335 e. The predicted molar refractivity (Wildman–Crippen MR) is 114 cm³/mol. The summed E-state index contributed by atoms with van der Waals surface area (Å²) in [5.74, 6) is -0.0814. The molecule has 0 atom stereocenters. The van der Waals surface area contributed by atoms with E-state index in [1.165, 1.54) is 30.1 Å². The van der Waals surface area contributed by atoms with Crippen LogP contribution in [-0.2, 0) is 38.2 Å². The largest absolute Gasteiger partial charge is 0.416 e. The van der Waals surface area contributed by atoms with Crippen LogP contribution < -0.4 is 11.2 Å². The molecule has 2 aromatic heterocycles. The van der Waals surface area contributed by atoms with Crippen molar-refractivity contribution in [1.29, 1.82) is 0 Å². The van der Waals surface area contributed by atoms with Crippen molar-refractivity contribution in [2.45, 2.75) is 51.0 Å². The zero-order valence-electron chi connectivity index (χ0n) is 18.3. The van der Waals surface area contributed by atoms with Crippen molar-refractivity contribution in [3.63, 3.8) is 0 Å². The number of hydrogen-bond acceptors (Lipinski definition) is 4. The lowest BCUT2D eigenvalue weighted by Gasteiger charge is -2.23. The van der Waals surface area contributed by atoms with Crippen molar-refractivity contribution >= 4 is 17.1 Å². The van der Waals surface area contributed by atoms with Crippen LogP contribution in [0.2, 0.25) is 0 Å². The summed E-state index contributed by atoms with van der Waals surface area (Å²) < 4.78 is 42.3. The van der Waals surface area contributed by atoms with Crippen molar-refractivity contribution in [2.75, 3.05) is 0 Å². The van der Waals surface area contributed by atoms with Crippen LogP contribution >= 0.6 is 0 Å². The standard InChI is InChI=1S/C22H24F3N5O3/c1-27-19-18(20(32)28(2)21(27)33)29(13-26-19)11-3-4-17(31)30(16-9-10-16)12-14-5-7-15(8-6-14)22(23,24)25/h5-8,13,16H,3-4,9-12H2,1-2H3. The number of carbonyl (C=O) groups excluding carboxylic acids is 1. The summed E-state index contributed by atoms with van der Waals surface area (Å²) in [6.45, 7) is 0.632. The molecule has 0 unspecified atom stereocenters. The van der Waals surface area contributed by atoms with Crippen LogP contribution in [0.25, 0.3) is 11.2 Å². The maximum atomic E-state index is 12.9. The van der Waals surface area contributed by atoms with Gasteiger partial charge in [0.2, 0.25) is 5.91 Å². The highest BCUT2D eigenvalue weighted by atomic mass is 19.4. The molecule has 0 bridgehead atoms. The van der Waals surface area contributed by atoms with Gasteiger partial charge in [-0.05, 0) is 37.0 Å². The number of amides is 1. The van der Waals surface area contributed by atoms with Gasteiger partial charge in [-0.25, -0.2) is 9.78 Å². The molecule has 0 N–H and O–H groups in total. The molecular weight excluding hydrogens is 439 g/mol. The summed E-state index contributed by atoms with van der Waals surface area (Å²) in [7, 11) is 2.94. The number of rotatable bonds is 7. The Morgan fingerprint density at radius 3 is 2.39 bits per heavy atom. The van der Waals surface area contributed by atoms with E-state index in [4.69, 9.17) is 0 Å². The summed E-state index contributed by atoms with van der Waals surface area (Å²) in [6.07, 6.45) is -0.479. The summed E-state index contributed by atoms with van der Waals surface area (Å²) in [6, 6.07) is 4.98. The Hall–Kier alpha value is -3.37. The number of aromatic nitrogens is 4. The molecule has 1 saturated carbocycles. The van der Waals surface area contributed by atoms with E-state index in [0.717, 1.165) is 29.5 Å². The number of hydrogen-bond donors (Lipinski definition) is 0. The first-order valence-corrected chi connectivity index (χ1v) is 10.6. The normalized spacial score (nSPS) is 14.1. The van der Waals surface area contributed by atoms with Crippen LogP contribution in [0.15, 0.2) is 40.2 Å². The summed E-state index contributed by atoms with van der Waals surface area (Å²) in [5, 5.41) is 0. The lowest BCUT2D eigenvalue weighted by atomic mass is 10.1. The molecule has 2 heterocycles. The number of aryl methyl sites for hydroxylation is 2. The summed E-state index contributed by atoms with van der Waals surface area (Å²) >= 11 is 0. The van der Waals surface area contributed by atoms with Gasteiger partial charge in [0, 0.05) is 39.6 Å². The molecule has 176 valence electrons. The lowest BCUT2D eigenvalue weighted by molar-refractivity contribution is -0.137. The highest BCUT2D eigenvalue weighted by molar-refractivity contribution is 5.77. The Labute approximate surface area is 186 Å². The van der Waals surface area contributed by atoms with Gasteiger partial charge < -0.3 is 9.47 Å². The Kier molecular flexibility index (Phi) is 5.89. The minimum Gasteiger partial charge on any atom is -0.335 e. The fraction of sp³-hybridized carbons (Fsp3) is 0.455. The minimum atomic E-state index is -4.39. The topological polar surface area (TPSA) is 82.1 Å². The molecule has 4 rings (SSSR count). The second-order valence-electron chi connectivity index (χ2n) is 8.37. The number of imidazole rings is 1. The molecule has 0 saturated heterocycles. The third-order valence-electron chi connectivity index (χ3n) is 5.95. The van der Waals surface area contributed by atoms with E-state index >= 15 is 0 Å². The highest BCUT2D eigenvalue weighted by Crippen LogP contribution is 2.31. The van der Waals surface area contributed by atoms with Gasteiger partial charge in [0.05, 0.1) is 11.9 Å². The average molecular weight is 463 g/mol. The van der Waals surface area contributed by atoms with Gasteiger partial charge >= 0.3 is 11.9 Å². The third kappa shape index (κ3) is 4.57. The number of alkyl halides is 3. The quantitative estimate of drug-likeness (QED) is 0.539. The van der Waals surface area contributed by atoms with E-state index in [9.17, 15) is 27.6 Å². The van der Waals surface area contributed by atoms with Gasteiger partial charge in [0.25, 0.3) is 5.56 Å². The Morgan fingerprint density at radius 2 is 1.79 bits per heavy atom. The number of halogens is 3. The molecule has 33 heavy (non-hydrogen) atoms. The van der Waals surface area contributed by atoms with Crippen LogP contribution in [0.3, 0.4) is 0 Å². The van der Waals surface area contributed by atoms with E-state index in [1.807, 2.05) is 0 Å². The van der Waals surface area contributed by atoms with Crippen molar-refractivity contribution in [3.05, 3.63) is 62.6 Å². The van der Waals surface area contributed by atoms with E-state index in [2.05, 4.69) is 4.98 Å². The van der Waals surface area contributed by atoms with Gasteiger partial charge in [-0.3, -0.25) is 18.7 Å². The average Bonchev–Trinajstić information content (AvgIpc) is 3.53. The second-order valence-corrected chi connectivity index (χ2v) is 8.37. The van der Waals surface area contributed by atoms with Crippen LogP contribution in [0.4, 0.5) is 13.2 Å². The van der Waals surface area contributed by atoms with Crippen molar-refractivity contribution in [2.24, 2.45) is 14.1 Å². The van der Waals surface area contributed by atoms with Gasteiger partial charge in [0.15, 0.2) is 11.2 Å². The summed E-state index contributed by atoms with van der Waals surface area (Å²) in [4.78, 5) is 43.3. The minimum absolute atomic E-state index is 0.0814. The molecule has 0 aliphatic heterocycles. The van der Waals surface area contributed by atoms with Crippen LogP contribution in [-0.4, -0.2) is 35.5 Å². The molecule has 1 amide bonds. The molecule has 11 heteroatoms. The zero-order valence-corrected chi connectivity index (χ0v) is 18.3. The highest BCUT2D eigenvalue weighted by Gasteiger charge is 2.33. The first kappa shape index (κ1) is 22.8. The van der Waals surface area contributed by atoms with Crippen molar-refractivity contribution in [3.8, 4) is 0 Å². The molecular formula is C22H24F3N5O3. The van der Waals surface area contributed by atoms with E-state index in [0.29, 0.717) is 24.0 Å². The van der Waals surface area contributed by atoms with E-state index in [-0.39, 0.29) is 30.6 Å². The zero-order chi connectivity index (χ0) is 23.9. The maximum absolute atomic E-state index is 12.9. The van der Waals surface area contributed by atoms with Crippen molar-refractivity contribution in [1.82, 2.24) is 23.6 Å². The molecule has 8 nitrogen and oxygen atoms in total. The molecule has 1 fully saturated rings. The molecule has 0 radical (unpaired) electrons. The lowest BCUT2D eigenvalue weighted by Crippen LogP contribution is -2.37. The molecule has 3 aromatic rings. The van der Waals surface area contributed by atoms with Crippen LogP contribution in [0, 0.1) is 0 Å². The van der Waals surface area contributed by atoms with Gasteiger partial charge in [-0.15, -0.1) is 0 Å². The SMILES string of the molecule is Cn1c(=O)c2c(ncn2CCCC(=O)N(Cc2ccc(C(F)(F)F)cc2)C2CC2)n(C)c1=O. The Morgan fingerprint density at radius 1 is 1.12 bits per heavy atom. The summed E-state index contributed by atoms with van der Waals surface area (Å²) in [5.41, 5.74) is -0.387. The fourth-order valence-electron chi connectivity index (χ4n) is 3.91. The number of benzene rings is 1. The first-order chi connectivity index (χ1) is 15.6. The third-order valence-corrected chi connectivity index (χ3v) is 5.95. The molecule has 1 aromatic carbocycles.